The highest BCUT2D eigenvalue weighted by molar-refractivity contribution is 5.80. The van der Waals surface area contributed by atoms with Gasteiger partial charge in [0.25, 0.3) is 0 Å². The van der Waals surface area contributed by atoms with Crippen LogP contribution in [0.5, 0.6) is 0 Å². The molecule has 1 heterocycles. The number of amides is 1. The Morgan fingerprint density at radius 3 is 2.69 bits per heavy atom. The van der Waals surface area contributed by atoms with E-state index in [2.05, 4.69) is 10.2 Å². The Hall–Kier alpha value is -0.610. The molecular formula is C12H24N2O2. The summed E-state index contributed by atoms with van der Waals surface area (Å²) in [6.45, 7) is 6.06. The number of likely N-dealkylation sites (tertiary alicyclic amines) is 1. The summed E-state index contributed by atoms with van der Waals surface area (Å²) in [6, 6.07) is 0. The van der Waals surface area contributed by atoms with Gasteiger partial charge < -0.3 is 15.0 Å². The molecule has 4 heteroatoms. The lowest BCUT2D eigenvalue weighted by molar-refractivity contribution is -0.130. The zero-order chi connectivity index (χ0) is 11.8. The first-order valence-corrected chi connectivity index (χ1v) is 6.27. The van der Waals surface area contributed by atoms with Gasteiger partial charge in [-0.15, -0.1) is 0 Å². The van der Waals surface area contributed by atoms with E-state index in [-0.39, 0.29) is 12.0 Å². The van der Waals surface area contributed by atoms with Crippen LogP contribution in [0, 0.1) is 0 Å². The van der Waals surface area contributed by atoms with Gasteiger partial charge in [0, 0.05) is 13.7 Å². The van der Waals surface area contributed by atoms with Crippen molar-refractivity contribution in [2.45, 2.75) is 38.7 Å². The minimum absolute atomic E-state index is 0.0128. The number of nitrogens with zero attached hydrogens (tertiary/aromatic N) is 1. The molecule has 0 saturated carbocycles. The quantitative estimate of drug-likeness (QED) is 0.690. The number of rotatable bonds is 6. The third-order valence-corrected chi connectivity index (χ3v) is 3.12. The summed E-state index contributed by atoms with van der Waals surface area (Å²) < 4.78 is 4.94. The zero-order valence-electron chi connectivity index (χ0n) is 10.5. The highest BCUT2D eigenvalue weighted by Gasteiger charge is 2.11. The largest absolute Gasteiger partial charge is 0.372 e. The van der Waals surface area contributed by atoms with Gasteiger partial charge in [-0.1, -0.05) is 6.42 Å². The Morgan fingerprint density at radius 1 is 1.38 bits per heavy atom. The van der Waals surface area contributed by atoms with Gasteiger partial charge in [0.15, 0.2) is 0 Å². The number of ether oxygens (including phenoxy) is 1. The monoisotopic (exact) mass is 228 g/mol. The zero-order valence-corrected chi connectivity index (χ0v) is 10.5. The number of nitrogens with one attached hydrogen (secondary N) is 1. The lowest BCUT2D eigenvalue weighted by Gasteiger charge is -2.26. The number of carbonyl (C=O) groups excluding carboxylic acids is 1. The van der Waals surface area contributed by atoms with Crippen LogP contribution < -0.4 is 5.32 Å². The fourth-order valence-electron chi connectivity index (χ4n) is 1.95. The van der Waals surface area contributed by atoms with Crippen molar-refractivity contribution in [3.8, 4) is 0 Å². The summed E-state index contributed by atoms with van der Waals surface area (Å²) in [5.74, 6) is -0.0128. The SMILES string of the molecule is COC(C)C(=O)NCCCN1CCCCC1. The van der Waals surface area contributed by atoms with Crippen molar-refractivity contribution >= 4 is 5.91 Å². The summed E-state index contributed by atoms with van der Waals surface area (Å²) in [5, 5.41) is 2.88. The maximum atomic E-state index is 11.4. The lowest BCUT2D eigenvalue weighted by Crippen LogP contribution is -2.37. The Balaban J connectivity index is 2.00. The summed E-state index contributed by atoms with van der Waals surface area (Å²) in [5.41, 5.74) is 0. The first-order valence-electron chi connectivity index (χ1n) is 6.27. The number of hydrogen-bond donors (Lipinski definition) is 1. The highest BCUT2D eigenvalue weighted by atomic mass is 16.5. The molecule has 0 spiro atoms. The van der Waals surface area contributed by atoms with Crippen molar-refractivity contribution < 1.29 is 9.53 Å². The molecule has 0 aromatic heterocycles. The van der Waals surface area contributed by atoms with Crippen LogP contribution in [0.3, 0.4) is 0 Å². The van der Waals surface area contributed by atoms with Crippen LogP contribution in [0.1, 0.15) is 32.6 Å². The van der Waals surface area contributed by atoms with E-state index >= 15 is 0 Å². The molecule has 0 aliphatic carbocycles. The van der Waals surface area contributed by atoms with Gasteiger partial charge in [0.05, 0.1) is 0 Å². The standard InChI is InChI=1S/C12H24N2O2/c1-11(16-2)12(15)13-7-6-10-14-8-4-3-5-9-14/h11H,3-10H2,1-2H3,(H,13,15). The topological polar surface area (TPSA) is 41.6 Å². The van der Waals surface area contributed by atoms with Crippen LogP contribution in [-0.4, -0.2) is 50.2 Å². The second-order valence-corrected chi connectivity index (χ2v) is 4.42. The molecule has 0 bridgehead atoms. The molecular weight excluding hydrogens is 204 g/mol. The Labute approximate surface area is 98.3 Å². The predicted octanol–water partition coefficient (Wildman–Crippen LogP) is 1.01. The summed E-state index contributed by atoms with van der Waals surface area (Å²) in [4.78, 5) is 13.9. The summed E-state index contributed by atoms with van der Waals surface area (Å²) in [6.07, 6.45) is 4.72. The minimum atomic E-state index is -0.338. The second kappa shape index (κ2) is 7.63. The Kier molecular flexibility index (Phi) is 6.42. The number of hydrogen-bond acceptors (Lipinski definition) is 3. The molecule has 1 rings (SSSR count). The average molecular weight is 228 g/mol. The number of carbonyl (C=O) groups is 1. The van der Waals surface area contributed by atoms with Crippen LogP contribution in [0.4, 0.5) is 0 Å². The maximum absolute atomic E-state index is 11.4. The van der Waals surface area contributed by atoms with Crippen LogP contribution in [-0.2, 0) is 9.53 Å². The Morgan fingerprint density at radius 2 is 2.06 bits per heavy atom. The fraction of sp³-hybridized carbons (Fsp3) is 0.917. The molecule has 1 unspecified atom stereocenters. The molecule has 1 aliphatic rings. The van der Waals surface area contributed by atoms with Gasteiger partial charge in [-0.05, 0) is 45.8 Å². The van der Waals surface area contributed by atoms with Crippen LogP contribution in [0.25, 0.3) is 0 Å². The smallest absolute Gasteiger partial charge is 0.248 e. The molecule has 0 radical (unpaired) electrons. The van der Waals surface area contributed by atoms with Gasteiger partial charge >= 0.3 is 0 Å². The molecule has 1 N–H and O–H groups in total. The molecule has 1 amide bonds. The van der Waals surface area contributed by atoms with E-state index in [0.29, 0.717) is 0 Å². The van der Waals surface area contributed by atoms with Crippen molar-refractivity contribution in [1.82, 2.24) is 10.2 Å². The number of methoxy groups -OCH3 is 1. The Bertz CT molecular complexity index is 203. The van der Waals surface area contributed by atoms with Crippen molar-refractivity contribution in [3.05, 3.63) is 0 Å². The second-order valence-electron chi connectivity index (χ2n) is 4.42. The minimum Gasteiger partial charge on any atom is -0.372 e. The molecule has 1 atom stereocenters. The van der Waals surface area contributed by atoms with E-state index in [1.54, 1.807) is 14.0 Å². The van der Waals surface area contributed by atoms with Crippen LogP contribution in [0.15, 0.2) is 0 Å². The third kappa shape index (κ3) is 4.94. The van der Waals surface area contributed by atoms with E-state index in [0.717, 1.165) is 19.5 Å². The van der Waals surface area contributed by atoms with E-state index in [4.69, 9.17) is 4.74 Å². The normalized spacial score (nSPS) is 19.4. The van der Waals surface area contributed by atoms with Crippen molar-refractivity contribution in [3.63, 3.8) is 0 Å². The first-order chi connectivity index (χ1) is 7.74. The van der Waals surface area contributed by atoms with E-state index in [1.807, 2.05) is 0 Å². The number of piperidine rings is 1. The van der Waals surface area contributed by atoms with Crippen LogP contribution in [0.2, 0.25) is 0 Å². The lowest BCUT2D eigenvalue weighted by atomic mass is 10.1. The molecule has 94 valence electrons. The van der Waals surface area contributed by atoms with Gasteiger partial charge in [-0.3, -0.25) is 4.79 Å². The average Bonchev–Trinajstić information content (AvgIpc) is 2.34. The van der Waals surface area contributed by atoms with Gasteiger partial charge in [0.2, 0.25) is 5.91 Å². The summed E-state index contributed by atoms with van der Waals surface area (Å²) >= 11 is 0. The van der Waals surface area contributed by atoms with Gasteiger partial charge in [-0.25, -0.2) is 0 Å². The molecule has 16 heavy (non-hydrogen) atoms. The predicted molar refractivity (Wildman–Crippen MR) is 64.4 cm³/mol. The highest BCUT2D eigenvalue weighted by Crippen LogP contribution is 2.08. The molecule has 0 aromatic rings. The summed E-state index contributed by atoms with van der Waals surface area (Å²) in [7, 11) is 1.55. The van der Waals surface area contributed by atoms with Gasteiger partial charge in [-0.2, -0.15) is 0 Å². The van der Waals surface area contributed by atoms with Gasteiger partial charge in [0.1, 0.15) is 6.10 Å². The van der Waals surface area contributed by atoms with E-state index in [1.165, 1.54) is 32.4 Å². The van der Waals surface area contributed by atoms with Crippen molar-refractivity contribution in [2.24, 2.45) is 0 Å². The van der Waals surface area contributed by atoms with E-state index in [9.17, 15) is 4.79 Å². The molecule has 1 fully saturated rings. The molecule has 0 aromatic carbocycles. The fourth-order valence-corrected chi connectivity index (χ4v) is 1.95. The van der Waals surface area contributed by atoms with Crippen LogP contribution >= 0.6 is 0 Å². The van der Waals surface area contributed by atoms with Crippen molar-refractivity contribution in [2.75, 3.05) is 33.3 Å². The third-order valence-electron chi connectivity index (χ3n) is 3.12. The molecule has 1 saturated heterocycles. The van der Waals surface area contributed by atoms with Crippen molar-refractivity contribution in [1.29, 1.82) is 0 Å². The molecule has 1 aliphatic heterocycles. The van der Waals surface area contributed by atoms with E-state index < -0.39 is 0 Å². The first kappa shape index (κ1) is 13.5. The maximum Gasteiger partial charge on any atom is 0.248 e. The molecule has 4 nitrogen and oxygen atoms in total.